The van der Waals surface area contributed by atoms with E-state index in [9.17, 15) is 5.11 Å². The zero-order chi connectivity index (χ0) is 9.97. The van der Waals surface area contributed by atoms with E-state index in [1.807, 2.05) is 0 Å². The Morgan fingerprint density at radius 1 is 1.36 bits per heavy atom. The predicted molar refractivity (Wildman–Crippen MR) is 55.2 cm³/mol. The number of ether oxygens (including phenoxy) is 1. The fraction of sp³-hybridized carbons (Fsp3) is 1.00. The number of aliphatic hydroxyl groups excluding tert-OH is 1. The second-order valence-electron chi connectivity index (χ2n) is 4.72. The fourth-order valence-corrected chi connectivity index (χ4v) is 2.04. The van der Waals surface area contributed by atoms with Crippen LogP contribution in [-0.4, -0.2) is 36.0 Å². The number of rotatable bonds is 5. The lowest BCUT2D eigenvalue weighted by atomic mass is 10.1. The molecule has 3 heteroatoms. The van der Waals surface area contributed by atoms with Crippen molar-refractivity contribution < 1.29 is 9.84 Å². The molecule has 1 saturated carbocycles. The quantitative estimate of drug-likeness (QED) is 0.695. The lowest BCUT2D eigenvalue weighted by Gasteiger charge is -2.16. The highest BCUT2D eigenvalue weighted by Crippen LogP contribution is 2.23. The van der Waals surface area contributed by atoms with Gasteiger partial charge in [-0.2, -0.15) is 0 Å². The molecule has 2 rings (SSSR count). The van der Waals surface area contributed by atoms with Gasteiger partial charge in [-0.1, -0.05) is 0 Å². The maximum Gasteiger partial charge on any atom is 0.0689 e. The average molecular weight is 199 g/mol. The summed E-state index contributed by atoms with van der Waals surface area (Å²) in [4.78, 5) is 0. The molecule has 3 atom stereocenters. The van der Waals surface area contributed by atoms with Gasteiger partial charge in [-0.05, 0) is 32.6 Å². The molecule has 2 aliphatic rings. The third kappa shape index (κ3) is 3.23. The Morgan fingerprint density at radius 2 is 2.14 bits per heavy atom. The third-order valence-corrected chi connectivity index (χ3v) is 3.07. The topological polar surface area (TPSA) is 41.5 Å². The first-order chi connectivity index (χ1) is 6.74. The van der Waals surface area contributed by atoms with Crippen LogP contribution in [-0.2, 0) is 4.74 Å². The molecule has 1 aliphatic carbocycles. The monoisotopic (exact) mass is 199 g/mol. The zero-order valence-corrected chi connectivity index (χ0v) is 8.91. The Morgan fingerprint density at radius 3 is 2.71 bits per heavy atom. The first-order valence-corrected chi connectivity index (χ1v) is 5.81. The van der Waals surface area contributed by atoms with Gasteiger partial charge >= 0.3 is 0 Å². The molecule has 14 heavy (non-hydrogen) atoms. The van der Waals surface area contributed by atoms with Crippen LogP contribution in [0.2, 0.25) is 0 Å². The highest BCUT2D eigenvalue weighted by Gasteiger charge is 2.26. The van der Waals surface area contributed by atoms with E-state index in [0.29, 0.717) is 18.2 Å². The number of hydrogen-bond acceptors (Lipinski definition) is 3. The Kier molecular flexibility index (Phi) is 3.42. The van der Waals surface area contributed by atoms with E-state index < -0.39 is 0 Å². The molecule has 2 N–H and O–H groups in total. The van der Waals surface area contributed by atoms with E-state index in [-0.39, 0.29) is 6.10 Å². The van der Waals surface area contributed by atoms with Crippen LogP contribution in [0.5, 0.6) is 0 Å². The summed E-state index contributed by atoms with van der Waals surface area (Å²) in [6, 6.07) is 0.688. The largest absolute Gasteiger partial charge is 0.392 e. The Labute approximate surface area is 85.8 Å². The van der Waals surface area contributed by atoms with Crippen LogP contribution < -0.4 is 5.32 Å². The van der Waals surface area contributed by atoms with Crippen molar-refractivity contribution in [2.24, 2.45) is 0 Å². The van der Waals surface area contributed by atoms with Crippen molar-refractivity contribution in [3.05, 3.63) is 0 Å². The molecule has 3 unspecified atom stereocenters. The molecule has 82 valence electrons. The van der Waals surface area contributed by atoms with Gasteiger partial charge in [-0.15, -0.1) is 0 Å². The highest BCUT2D eigenvalue weighted by atomic mass is 16.5. The van der Waals surface area contributed by atoms with Gasteiger partial charge in [-0.25, -0.2) is 0 Å². The Hall–Kier alpha value is -0.120. The molecular weight excluding hydrogens is 178 g/mol. The average Bonchev–Trinajstić information content (AvgIpc) is 2.88. The summed E-state index contributed by atoms with van der Waals surface area (Å²) in [6.45, 7) is 2.84. The van der Waals surface area contributed by atoms with Gasteiger partial charge in [0, 0.05) is 19.0 Å². The van der Waals surface area contributed by atoms with Gasteiger partial charge in [0.25, 0.3) is 0 Å². The summed E-state index contributed by atoms with van der Waals surface area (Å²) in [5, 5.41) is 13.1. The smallest absolute Gasteiger partial charge is 0.0689 e. The van der Waals surface area contributed by atoms with Gasteiger partial charge < -0.3 is 15.2 Å². The molecule has 3 nitrogen and oxygen atoms in total. The molecule has 1 heterocycles. The molecule has 0 amide bonds. The third-order valence-electron chi connectivity index (χ3n) is 3.07. The van der Waals surface area contributed by atoms with Crippen molar-refractivity contribution in [3.63, 3.8) is 0 Å². The number of nitrogens with one attached hydrogen (secondary N) is 1. The van der Waals surface area contributed by atoms with E-state index in [1.54, 1.807) is 0 Å². The van der Waals surface area contributed by atoms with Crippen molar-refractivity contribution in [2.45, 2.75) is 63.4 Å². The van der Waals surface area contributed by atoms with Crippen LogP contribution in [0.25, 0.3) is 0 Å². The van der Waals surface area contributed by atoms with Crippen LogP contribution in [0.1, 0.15) is 39.0 Å². The van der Waals surface area contributed by atoms with E-state index in [0.717, 1.165) is 25.8 Å². The van der Waals surface area contributed by atoms with Crippen LogP contribution >= 0.6 is 0 Å². The first kappa shape index (κ1) is 10.4. The molecule has 0 aromatic carbocycles. The highest BCUT2D eigenvalue weighted by molar-refractivity contribution is 4.82. The Bertz CT molecular complexity index is 182. The minimum atomic E-state index is -0.231. The van der Waals surface area contributed by atoms with Crippen molar-refractivity contribution >= 4 is 0 Å². The summed E-state index contributed by atoms with van der Waals surface area (Å²) < 4.78 is 5.67. The molecular formula is C11H21NO2. The lowest BCUT2D eigenvalue weighted by Crippen LogP contribution is -2.31. The van der Waals surface area contributed by atoms with Gasteiger partial charge in [0.15, 0.2) is 0 Å². The summed E-state index contributed by atoms with van der Waals surface area (Å²) in [5.41, 5.74) is 0. The number of hydrogen-bond donors (Lipinski definition) is 2. The van der Waals surface area contributed by atoms with E-state index in [1.165, 1.54) is 12.8 Å². The molecule has 2 fully saturated rings. The predicted octanol–water partition coefficient (Wildman–Crippen LogP) is 1.06. The summed E-state index contributed by atoms with van der Waals surface area (Å²) in [6.07, 6.45) is 6.07. The molecule has 0 radical (unpaired) electrons. The van der Waals surface area contributed by atoms with E-state index in [2.05, 4.69) is 12.2 Å². The second kappa shape index (κ2) is 4.60. The Balaban J connectivity index is 1.58. The van der Waals surface area contributed by atoms with Crippen LogP contribution in [0.3, 0.4) is 0 Å². The van der Waals surface area contributed by atoms with Crippen molar-refractivity contribution in [2.75, 3.05) is 6.54 Å². The fourth-order valence-electron chi connectivity index (χ4n) is 2.04. The van der Waals surface area contributed by atoms with Gasteiger partial charge in [0.1, 0.15) is 0 Å². The lowest BCUT2D eigenvalue weighted by molar-refractivity contribution is 0.0199. The standard InChI is InChI=1S/C11H21NO2/c1-8-2-5-11(14-8)6-10(13)7-12-9-3-4-9/h8-13H,2-7H2,1H3. The van der Waals surface area contributed by atoms with E-state index >= 15 is 0 Å². The summed E-state index contributed by atoms with van der Waals surface area (Å²) >= 11 is 0. The van der Waals surface area contributed by atoms with Crippen LogP contribution in [0, 0.1) is 0 Å². The first-order valence-electron chi connectivity index (χ1n) is 5.81. The number of aliphatic hydroxyl groups is 1. The SMILES string of the molecule is CC1CCC(CC(O)CNC2CC2)O1. The van der Waals surface area contributed by atoms with Gasteiger partial charge in [0.2, 0.25) is 0 Å². The maximum absolute atomic E-state index is 9.73. The second-order valence-corrected chi connectivity index (χ2v) is 4.72. The molecule has 1 saturated heterocycles. The maximum atomic E-state index is 9.73. The van der Waals surface area contributed by atoms with Crippen molar-refractivity contribution in [3.8, 4) is 0 Å². The van der Waals surface area contributed by atoms with Crippen molar-refractivity contribution in [1.82, 2.24) is 5.32 Å². The summed E-state index contributed by atoms with van der Waals surface area (Å²) in [7, 11) is 0. The summed E-state index contributed by atoms with van der Waals surface area (Å²) in [5.74, 6) is 0. The zero-order valence-electron chi connectivity index (χ0n) is 8.91. The van der Waals surface area contributed by atoms with Crippen LogP contribution in [0.4, 0.5) is 0 Å². The molecule has 0 bridgehead atoms. The molecule has 0 spiro atoms. The van der Waals surface area contributed by atoms with Crippen molar-refractivity contribution in [1.29, 1.82) is 0 Å². The van der Waals surface area contributed by atoms with E-state index in [4.69, 9.17) is 4.74 Å². The molecule has 1 aliphatic heterocycles. The van der Waals surface area contributed by atoms with Gasteiger partial charge in [-0.3, -0.25) is 0 Å². The normalized spacial score (nSPS) is 34.7. The minimum Gasteiger partial charge on any atom is -0.392 e. The van der Waals surface area contributed by atoms with Gasteiger partial charge in [0.05, 0.1) is 18.3 Å². The minimum absolute atomic E-state index is 0.231. The van der Waals surface area contributed by atoms with Crippen LogP contribution in [0.15, 0.2) is 0 Å². The molecule has 0 aromatic heterocycles. The molecule has 0 aromatic rings.